The molecule has 0 saturated carbocycles. The number of halogens is 1. The quantitative estimate of drug-likeness (QED) is 0.398. The number of hydrogen-bond donors (Lipinski definition) is 2. The number of hydrogen-bond acceptors (Lipinski definition) is 3. The highest BCUT2D eigenvalue weighted by Crippen LogP contribution is 2.23. The third-order valence-corrected chi connectivity index (χ3v) is 4.61. The minimum absolute atomic E-state index is 0. The second kappa shape index (κ2) is 9.60. The Morgan fingerprint density at radius 1 is 1.33 bits per heavy atom. The maximum atomic E-state index is 5.82. The molecule has 1 aromatic heterocycles. The smallest absolute Gasteiger partial charge is 0.191 e. The Hall–Kier alpha value is -0.830. The maximum absolute atomic E-state index is 5.82. The Labute approximate surface area is 162 Å². The number of ether oxygens (including phenoxy) is 1. The lowest BCUT2D eigenvalue weighted by Crippen LogP contribution is -2.45. The van der Waals surface area contributed by atoms with Crippen LogP contribution >= 0.6 is 24.0 Å². The van der Waals surface area contributed by atoms with E-state index in [1.165, 1.54) is 17.0 Å². The summed E-state index contributed by atoms with van der Waals surface area (Å²) in [6.45, 7) is 8.87. The lowest BCUT2D eigenvalue weighted by molar-refractivity contribution is 0.0243. The van der Waals surface area contributed by atoms with Crippen molar-refractivity contribution in [3.63, 3.8) is 0 Å². The van der Waals surface area contributed by atoms with Crippen LogP contribution in [-0.4, -0.2) is 41.5 Å². The van der Waals surface area contributed by atoms with E-state index in [0.29, 0.717) is 0 Å². The van der Waals surface area contributed by atoms with Crippen LogP contribution in [0, 0.1) is 0 Å². The molecule has 24 heavy (non-hydrogen) atoms. The second-order valence-electron chi connectivity index (χ2n) is 6.38. The minimum atomic E-state index is -0.0743. The van der Waals surface area contributed by atoms with Crippen LogP contribution in [0.3, 0.4) is 0 Å². The Morgan fingerprint density at radius 2 is 2.08 bits per heavy atom. The van der Waals surface area contributed by atoms with Crippen molar-refractivity contribution in [3.05, 3.63) is 17.0 Å². The summed E-state index contributed by atoms with van der Waals surface area (Å²) in [6, 6.07) is 0. The summed E-state index contributed by atoms with van der Waals surface area (Å²) in [6.07, 6.45) is 4.17. The molecule has 1 aliphatic heterocycles. The minimum Gasteiger partial charge on any atom is -0.373 e. The molecule has 0 spiro atoms. The number of aromatic nitrogens is 2. The summed E-state index contributed by atoms with van der Waals surface area (Å²) in [7, 11) is 3.82. The van der Waals surface area contributed by atoms with Gasteiger partial charge in [0.05, 0.1) is 11.3 Å². The molecule has 138 valence electrons. The molecular weight excluding hydrogens is 417 g/mol. The molecule has 2 rings (SSSR count). The summed E-state index contributed by atoms with van der Waals surface area (Å²) in [5, 5.41) is 11.4. The zero-order valence-electron chi connectivity index (χ0n) is 15.6. The van der Waals surface area contributed by atoms with Gasteiger partial charge in [0.15, 0.2) is 5.96 Å². The van der Waals surface area contributed by atoms with E-state index in [9.17, 15) is 0 Å². The van der Waals surface area contributed by atoms with Crippen molar-refractivity contribution in [2.45, 2.75) is 58.6 Å². The average Bonchev–Trinajstić information content (AvgIpc) is 3.11. The van der Waals surface area contributed by atoms with Gasteiger partial charge in [0.1, 0.15) is 0 Å². The summed E-state index contributed by atoms with van der Waals surface area (Å²) < 4.78 is 7.82. The molecule has 1 atom stereocenters. The van der Waals surface area contributed by atoms with Crippen LogP contribution in [0.15, 0.2) is 4.99 Å². The van der Waals surface area contributed by atoms with Crippen LogP contribution in [0.5, 0.6) is 0 Å². The first-order valence-corrected chi connectivity index (χ1v) is 8.65. The van der Waals surface area contributed by atoms with Crippen LogP contribution < -0.4 is 10.6 Å². The van der Waals surface area contributed by atoms with Crippen LogP contribution in [0.1, 0.15) is 50.6 Å². The molecule has 0 radical (unpaired) electrons. The average molecular weight is 449 g/mol. The van der Waals surface area contributed by atoms with Gasteiger partial charge in [0.2, 0.25) is 0 Å². The van der Waals surface area contributed by atoms with E-state index < -0.39 is 0 Å². The number of guanidine groups is 1. The van der Waals surface area contributed by atoms with Crippen molar-refractivity contribution in [2.24, 2.45) is 12.0 Å². The highest BCUT2D eigenvalue weighted by atomic mass is 127. The van der Waals surface area contributed by atoms with Gasteiger partial charge in [-0.3, -0.25) is 9.67 Å². The van der Waals surface area contributed by atoms with Crippen LogP contribution in [-0.2, 0) is 31.2 Å². The topological polar surface area (TPSA) is 63.5 Å². The van der Waals surface area contributed by atoms with E-state index in [1.54, 1.807) is 7.05 Å². The zero-order valence-corrected chi connectivity index (χ0v) is 17.9. The highest BCUT2D eigenvalue weighted by molar-refractivity contribution is 14.0. The molecule has 0 aromatic carbocycles. The van der Waals surface area contributed by atoms with Crippen molar-refractivity contribution in [3.8, 4) is 0 Å². The fourth-order valence-corrected chi connectivity index (χ4v) is 3.23. The fraction of sp³-hybridized carbons (Fsp3) is 0.765. The lowest BCUT2D eigenvalue weighted by Gasteiger charge is -2.24. The van der Waals surface area contributed by atoms with Crippen molar-refractivity contribution in [2.75, 3.05) is 20.2 Å². The fourth-order valence-electron chi connectivity index (χ4n) is 3.23. The van der Waals surface area contributed by atoms with Gasteiger partial charge in [0.25, 0.3) is 0 Å². The first-order chi connectivity index (χ1) is 11.0. The van der Waals surface area contributed by atoms with E-state index >= 15 is 0 Å². The van der Waals surface area contributed by atoms with Gasteiger partial charge < -0.3 is 15.4 Å². The van der Waals surface area contributed by atoms with Gasteiger partial charge in [-0.1, -0.05) is 13.8 Å². The third kappa shape index (κ3) is 5.08. The molecule has 7 heteroatoms. The normalized spacial score (nSPS) is 20.8. The van der Waals surface area contributed by atoms with Crippen LogP contribution in [0.2, 0.25) is 0 Å². The van der Waals surface area contributed by atoms with Crippen molar-refractivity contribution in [1.29, 1.82) is 0 Å². The first-order valence-electron chi connectivity index (χ1n) is 8.65. The zero-order chi connectivity index (χ0) is 16.9. The molecule has 0 aliphatic carbocycles. The van der Waals surface area contributed by atoms with Gasteiger partial charge in [-0.15, -0.1) is 24.0 Å². The number of rotatable bonds is 6. The van der Waals surface area contributed by atoms with E-state index in [1.807, 2.05) is 11.7 Å². The summed E-state index contributed by atoms with van der Waals surface area (Å²) in [5.41, 5.74) is 3.67. The van der Waals surface area contributed by atoms with Crippen molar-refractivity contribution < 1.29 is 4.74 Å². The number of aryl methyl sites for hydroxylation is 2. The summed E-state index contributed by atoms with van der Waals surface area (Å²) in [4.78, 5) is 4.32. The van der Waals surface area contributed by atoms with Gasteiger partial charge in [-0.2, -0.15) is 5.10 Å². The molecule has 1 fully saturated rings. The highest BCUT2D eigenvalue weighted by Gasteiger charge is 2.29. The van der Waals surface area contributed by atoms with Crippen molar-refractivity contribution in [1.82, 2.24) is 20.4 Å². The number of nitrogens with one attached hydrogen (secondary N) is 2. The van der Waals surface area contributed by atoms with E-state index in [-0.39, 0.29) is 29.6 Å². The molecule has 1 aromatic rings. The standard InChI is InChI=1S/C17H31N5O.HI/c1-6-14-13(15(7-2)22(5)21-14)11-19-16(18-4)20-12-17(3)9-8-10-23-17;/h6-12H2,1-5H3,(H2,18,19,20);1H. The van der Waals surface area contributed by atoms with Crippen LogP contribution in [0.4, 0.5) is 0 Å². The Balaban J connectivity index is 0.00000288. The Bertz CT molecular complexity index is 549. The molecule has 1 unspecified atom stereocenters. The summed E-state index contributed by atoms with van der Waals surface area (Å²) in [5.74, 6) is 0.815. The molecule has 2 heterocycles. The van der Waals surface area contributed by atoms with Crippen LogP contribution in [0.25, 0.3) is 0 Å². The van der Waals surface area contributed by atoms with Crippen molar-refractivity contribution >= 4 is 29.9 Å². The molecular formula is C17H32IN5O. The predicted octanol–water partition coefficient (Wildman–Crippen LogP) is 2.40. The molecule has 6 nitrogen and oxygen atoms in total. The maximum Gasteiger partial charge on any atom is 0.191 e. The van der Waals surface area contributed by atoms with Gasteiger partial charge in [-0.05, 0) is 32.6 Å². The monoisotopic (exact) mass is 449 g/mol. The van der Waals surface area contributed by atoms with Gasteiger partial charge >= 0.3 is 0 Å². The van der Waals surface area contributed by atoms with E-state index in [0.717, 1.165) is 51.3 Å². The number of nitrogens with zero attached hydrogens (tertiary/aromatic N) is 3. The van der Waals surface area contributed by atoms with E-state index in [2.05, 4.69) is 41.5 Å². The Kier molecular flexibility index (Phi) is 8.49. The lowest BCUT2D eigenvalue weighted by atomic mass is 10.0. The molecule has 0 bridgehead atoms. The van der Waals surface area contributed by atoms with E-state index in [4.69, 9.17) is 4.74 Å². The van der Waals surface area contributed by atoms with Gasteiger partial charge in [0, 0.05) is 45.0 Å². The number of aliphatic imine (C=N–C) groups is 1. The van der Waals surface area contributed by atoms with Gasteiger partial charge in [-0.25, -0.2) is 0 Å². The summed E-state index contributed by atoms with van der Waals surface area (Å²) >= 11 is 0. The Morgan fingerprint density at radius 3 is 2.62 bits per heavy atom. The molecule has 1 aliphatic rings. The molecule has 0 amide bonds. The third-order valence-electron chi connectivity index (χ3n) is 4.61. The first kappa shape index (κ1) is 21.2. The molecule has 1 saturated heterocycles. The SMILES string of the molecule is CCc1nn(C)c(CC)c1CNC(=NC)NCC1(C)CCCO1.I. The second-order valence-corrected chi connectivity index (χ2v) is 6.38. The predicted molar refractivity (Wildman–Crippen MR) is 109 cm³/mol. The largest absolute Gasteiger partial charge is 0.373 e. The molecule has 2 N–H and O–H groups in total.